The van der Waals surface area contributed by atoms with Crippen LogP contribution in [0.2, 0.25) is 0 Å². The maximum atomic E-state index is 12.6. The normalized spacial score (nSPS) is 18.9. The zero-order chi connectivity index (χ0) is 15.2. The Bertz CT molecular complexity index is 474. The lowest BCUT2D eigenvalue weighted by Crippen LogP contribution is -2.48. The standard InChI is InChI=1S/C16H24N2O3/c1-12(2)21-14-6-4-5-13(9-14)16(19)18-7-8-20-15(11-18)10-17-3/h4-6,9,12,15,17H,7-8,10-11H2,1-3H3. The lowest BCUT2D eigenvalue weighted by Gasteiger charge is -2.33. The number of carbonyl (C=O) groups is 1. The van der Waals surface area contributed by atoms with Gasteiger partial charge in [0.15, 0.2) is 0 Å². The van der Waals surface area contributed by atoms with E-state index in [1.807, 2.05) is 50.1 Å². The molecular formula is C16H24N2O3. The number of amides is 1. The van der Waals surface area contributed by atoms with Gasteiger partial charge in [-0.25, -0.2) is 0 Å². The highest BCUT2D eigenvalue weighted by atomic mass is 16.5. The van der Waals surface area contributed by atoms with E-state index < -0.39 is 0 Å². The van der Waals surface area contributed by atoms with Crippen LogP contribution in [0.15, 0.2) is 24.3 Å². The van der Waals surface area contributed by atoms with Crippen LogP contribution in [0.25, 0.3) is 0 Å². The van der Waals surface area contributed by atoms with Gasteiger partial charge in [0.05, 0.1) is 18.8 Å². The van der Waals surface area contributed by atoms with Gasteiger partial charge >= 0.3 is 0 Å². The highest BCUT2D eigenvalue weighted by Crippen LogP contribution is 2.17. The third-order valence-corrected chi connectivity index (χ3v) is 3.31. The van der Waals surface area contributed by atoms with Gasteiger partial charge in [0.1, 0.15) is 5.75 Å². The molecule has 0 aliphatic carbocycles. The van der Waals surface area contributed by atoms with Gasteiger partial charge in [0, 0.05) is 25.2 Å². The Kier molecular flexibility index (Phi) is 5.59. The molecule has 2 rings (SSSR count). The van der Waals surface area contributed by atoms with Gasteiger partial charge in [-0.2, -0.15) is 0 Å². The Hall–Kier alpha value is -1.59. The summed E-state index contributed by atoms with van der Waals surface area (Å²) in [5.74, 6) is 0.768. The van der Waals surface area contributed by atoms with Crippen molar-refractivity contribution < 1.29 is 14.3 Å². The smallest absolute Gasteiger partial charge is 0.254 e. The molecule has 0 aromatic heterocycles. The van der Waals surface area contributed by atoms with E-state index in [-0.39, 0.29) is 18.1 Å². The van der Waals surface area contributed by atoms with Crippen LogP contribution in [0.1, 0.15) is 24.2 Å². The molecule has 5 heteroatoms. The fourth-order valence-electron chi connectivity index (χ4n) is 2.41. The summed E-state index contributed by atoms with van der Waals surface area (Å²) in [7, 11) is 1.89. The van der Waals surface area contributed by atoms with Crippen LogP contribution in [0.4, 0.5) is 0 Å². The second kappa shape index (κ2) is 7.43. The second-order valence-electron chi connectivity index (χ2n) is 5.50. The van der Waals surface area contributed by atoms with Crippen LogP contribution >= 0.6 is 0 Å². The predicted molar refractivity (Wildman–Crippen MR) is 81.8 cm³/mol. The monoisotopic (exact) mass is 292 g/mol. The van der Waals surface area contributed by atoms with Gasteiger partial charge in [0.2, 0.25) is 0 Å². The summed E-state index contributed by atoms with van der Waals surface area (Å²) in [6.45, 7) is 6.53. The Labute approximate surface area is 126 Å². The summed E-state index contributed by atoms with van der Waals surface area (Å²) in [4.78, 5) is 14.4. The SMILES string of the molecule is CNCC1CN(C(=O)c2cccc(OC(C)C)c2)CCO1. The average molecular weight is 292 g/mol. The van der Waals surface area contributed by atoms with Crippen LogP contribution < -0.4 is 10.1 Å². The molecule has 1 aromatic rings. The van der Waals surface area contributed by atoms with E-state index in [0.717, 1.165) is 12.3 Å². The second-order valence-corrected chi connectivity index (χ2v) is 5.50. The average Bonchev–Trinajstić information content (AvgIpc) is 2.47. The third-order valence-electron chi connectivity index (χ3n) is 3.31. The number of likely N-dealkylation sites (N-methyl/N-ethyl adjacent to an activating group) is 1. The number of nitrogens with one attached hydrogen (secondary N) is 1. The maximum Gasteiger partial charge on any atom is 0.254 e. The summed E-state index contributed by atoms with van der Waals surface area (Å²) in [6.07, 6.45) is 0.154. The molecule has 0 radical (unpaired) electrons. The van der Waals surface area contributed by atoms with Crippen LogP contribution in [0, 0.1) is 0 Å². The first-order valence-electron chi connectivity index (χ1n) is 7.42. The van der Waals surface area contributed by atoms with Crippen molar-refractivity contribution in [3.63, 3.8) is 0 Å². The summed E-state index contributed by atoms with van der Waals surface area (Å²) in [5, 5.41) is 3.08. The molecule has 1 N–H and O–H groups in total. The molecule has 1 aliphatic rings. The molecule has 0 spiro atoms. The van der Waals surface area contributed by atoms with E-state index >= 15 is 0 Å². The van der Waals surface area contributed by atoms with Crippen LogP contribution in [-0.4, -0.2) is 56.3 Å². The molecule has 116 valence electrons. The first-order chi connectivity index (χ1) is 10.1. The van der Waals surface area contributed by atoms with Gasteiger partial charge in [-0.05, 0) is 39.1 Å². The maximum absolute atomic E-state index is 12.6. The molecule has 1 saturated heterocycles. The third kappa shape index (κ3) is 4.44. The minimum Gasteiger partial charge on any atom is -0.491 e. The number of hydrogen-bond donors (Lipinski definition) is 1. The van der Waals surface area contributed by atoms with Crippen molar-refractivity contribution in [2.24, 2.45) is 0 Å². The Morgan fingerprint density at radius 3 is 3.05 bits per heavy atom. The van der Waals surface area contributed by atoms with Gasteiger partial charge in [0.25, 0.3) is 5.91 Å². The highest BCUT2D eigenvalue weighted by Gasteiger charge is 2.24. The molecule has 1 aromatic carbocycles. The van der Waals surface area contributed by atoms with Crippen molar-refractivity contribution >= 4 is 5.91 Å². The zero-order valence-corrected chi connectivity index (χ0v) is 13.0. The number of morpholine rings is 1. The van der Waals surface area contributed by atoms with Gasteiger partial charge in [-0.1, -0.05) is 6.07 Å². The minimum absolute atomic E-state index is 0.0357. The van der Waals surface area contributed by atoms with Gasteiger partial charge < -0.3 is 19.7 Å². The number of ether oxygens (including phenoxy) is 2. The molecule has 1 fully saturated rings. The number of benzene rings is 1. The van der Waals surface area contributed by atoms with Gasteiger partial charge in [-0.15, -0.1) is 0 Å². The minimum atomic E-state index is 0.0357. The number of nitrogens with zero attached hydrogens (tertiary/aromatic N) is 1. The summed E-state index contributed by atoms with van der Waals surface area (Å²) >= 11 is 0. The van der Waals surface area contributed by atoms with Crippen molar-refractivity contribution in [1.29, 1.82) is 0 Å². The van der Waals surface area contributed by atoms with E-state index in [1.165, 1.54) is 0 Å². The topological polar surface area (TPSA) is 50.8 Å². The number of rotatable bonds is 5. The molecule has 21 heavy (non-hydrogen) atoms. The molecule has 1 unspecified atom stereocenters. The summed E-state index contributed by atoms with van der Waals surface area (Å²) in [6, 6.07) is 7.37. The van der Waals surface area contributed by atoms with Crippen molar-refractivity contribution in [2.45, 2.75) is 26.1 Å². The number of hydrogen-bond acceptors (Lipinski definition) is 4. The van der Waals surface area contributed by atoms with E-state index in [0.29, 0.717) is 25.3 Å². The van der Waals surface area contributed by atoms with Gasteiger partial charge in [-0.3, -0.25) is 4.79 Å². The van der Waals surface area contributed by atoms with E-state index in [4.69, 9.17) is 9.47 Å². The fraction of sp³-hybridized carbons (Fsp3) is 0.562. The predicted octanol–water partition coefficient (Wildman–Crippen LogP) is 1.53. The van der Waals surface area contributed by atoms with Crippen LogP contribution in [-0.2, 0) is 4.74 Å². The largest absolute Gasteiger partial charge is 0.491 e. The van der Waals surface area contributed by atoms with E-state index in [9.17, 15) is 4.79 Å². The quantitative estimate of drug-likeness (QED) is 0.894. The lowest BCUT2D eigenvalue weighted by atomic mass is 10.1. The molecule has 1 atom stereocenters. The van der Waals surface area contributed by atoms with E-state index in [2.05, 4.69) is 5.32 Å². The molecular weight excluding hydrogens is 268 g/mol. The van der Waals surface area contributed by atoms with E-state index in [1.54, 1.807) is 0 Å². The fourth-order valence-corrected chi connectivity index (χ4v) is 2.41. The van der Waals surface area contributed by atoms with Crippen LogP contribution in [0.3, 0.4) is 0 Å². The molecule has 1 aliphatic heterocycles. The first kappa shape index (κ1) is 15.8. The zero-order valence-electron chi connectivity index (χ0n) is 13.0. The van der Waals surface area contributed by atoms with Crippen molar-refractivity contribution in [1.82, 2.24) is 10.2 Å². The molecule has 0 saturated carbocycles. The van der Waals surface area contributed by atoms with Crippen molar-refractivity contribution in [3.8, 4) is 5.75 Å². The molecule has 1 amide bonds. The first-order valence-corrected chi connectivity index (χ1v) is 7.42. The molecule has 0 bridgehead atoms. The highest BCUT2D eigenvalue weighted by molar-refractivity contribution is 5.94. The van der Waals surface area contributed by atoms with Crippen molar-refractivity contribution in [2.75, 3.05) is 33.3 Å². The Morgan fingerprint density at radius 2 is 2.33 bits per heavy atom. The lowest BCUT2D eigenvalue weighted by molar-refractivity contribution is -0.0196. The molecule has 5 nitrogen and oxygen atoms in total. The Morgan fingerprint density at radius 1 is 1.52 bits per heavy atom. The Balaban J connectivity index is 2.05. The molecule has 1 heterocycles. The van der Waals surface area contributed by atoms with Crippen molar-refractivity contribution in [3.05, 3.63) is 29.8 Å². The van der Waals surface area contributed by atoms with Crippen LogP contribution in [0.5, 0.6) is 5.75 Å². The summed E-state index contributed by atoms with van der Waals surface area (Å²) < 4.78 is 11.3. The summed E-state index contributed by atoms with van der Waals surface area (Å²) in [5.41, 5.74) is 0.665. The number of carbonyl (C=O) groups excluding carboxylic acids is 1.